The molecule has 1 atom stereocenters. The van der Waals surface area contributed by atoms with E-state index in [1.54, 1.807) is 0 Å². The zero-order valence-corrected chi connectivity index (χ0v) is 10.3. The smallest absolute Gasteiger partial charge is 0.0406 e. The Balaban J connectivity index is 2.27. The predicted octanol–water partition coefficient (Wildman–Crippen LogP) is 3.52. The fourth-order valence-electron chi connectivity index (χ4n) is 1.56. The summed E-state index contributed by atoms with van der Waals surface area (Å²) in [6.45, 7) is 6.61. The van der Waals surface area contributed by atoms with E-state index in [9.17, 15) is 0 Å². The van der Waals surface area contributed by atoms with Crippen molar-refractivity contribution in [3.63, 3.8) is 0 Å². The molecule has 1 unspecified atom stereocenters. The van der Waals surface area contributed by atoms with Crippen LogP contribution in [0.4, 0.5) is 0 Å². The average molecular weight is 226 g/mol. The van der Waals surface area contributed by atoms with Crippen LogP contribution in [0, 0.1) is 5.92 Å². The van der Waals surface area contributed by atoms with Gasteiger partial charge in [0.25, 0.3) is 0 Å². The van der Waals surface area contributed by atoms with Crippen molar-refractivity contribution in [1.82, 2.24) is 5.32 Å². The van der Waals surface area contributed by atoms with Gasteiger partial charge in [-0.05, 0) is 49.5 Å². The summed E-state index contributed by atoms with van der Waals surface area (Å²) in [5.74, 6) is 0.737. The molecule has 0 aliphatic carbocycles. The first-order valence-corrected chi connectivity index (χ1v) is 6.05. The third-order valence-electron chi connectivity index (χ3n) is 2.58. The van der Waals surface area contributed by atoms with Crippen molar-refractivity contribution in [2.45, 2.75) is 26.7 Å². The molecule has 0 bridgehead atoms. The highest BCUT2D eigenvalue weighted by molar-refractivity contribution is 6.30. The fraction of sp³-hybridized carbons (Fsp3) is 0.538. The summed E-state index contributed by atoms with van der Waals surface area (Å²) in [4.78, 5) is 0. The Bertz CT molecular complexity index is 268. The molecule has 0 amide bonds. The molecule has 0 saturated heterocycles. The molecule has 0 heterocycles. The second kappa shape index (κ2) is 6.86. The molecule has 0 saturated carbocycles. The molecule has 0 aliphatic heterocycles. The van der Waals surface area contributed by atoms with Crippen LogP contribution in [0.1, 0.15) is 25.8 Å². The van der Waals surface area contributed by atoms with Crippen LogP contribution in [0.25, 0.3) is 0 Å². The minimum absolute atomic E-state index is 0.737. The summed E-state index contributed by atoms with van der Waals surface area (Å²) in [5.41, 5.74) is 1.38. The van der Waals surface area contributed by atoms with E-state index < -0.39 is 0 Å². The maximum Gasteiger partial charge on any atom is 0.0406 e. The number of aryl methyl sites for hydroxylation is 1. The maximum absolute atomic E-state index is 5.83. The average Bonchev–Trinajstić information content (AvgIpc) is 2.25. The lowest BCUT2D eigenvalue weighted by atomic mass is 10.0. The number of rotatable bonds is 6. The van der Waals surface area contributed by atoms with Crippen molar-refractivity contribution in [2.75, 3.05) is 13.1 Å². The molecule has 0 aromatic heterocycles. The summed E-state index contributed by atoms with van der Waals surface area (Å²) < 4.78 is 0. The highest BCUT2D eigenvalue weighted by atomic mass is 35.5. The van der Waals surface area contributed by atoms with Gasteiger partial charge in [-0.3, -0.25) is 0 Å². The van der Waals surface area contributed by atoms with Crippen molar-refractivity contribution >= 4 is 11.6 Å². The summed E-state index contributed by atoms with van der Waals surface area (Å²) in [6, 6.07) is 8.16. The minimum Gasteiger partial charge on any atom is -0.317 e. The molecule has 0 aliphatic rings. The first-order valence-electron chi connectivity index (χ1n) is 5.67. The first-order chi connectivity index (χ1) is 7.22. The topological polar surface area (TPSA) is 12.0 Å². The highest BCUT2D eigenvalue weighted by Gasteiger charge is 2.01. The van der Waals surface area contributed by atoms with E-state index in [-0.39, 0.29) is 0 Å². The monoisotopic (exact) mass is 225 g/mol. The third-order valence-corrected chi connectivity index (χ3v) is 2.83. The van der Waals surface area contributed by atoms with Crippen molar-refractivity contribution < 1.29 is 0 Å². The van der Waals surface area contributed by atoms with E-state index in [1.807, 2.05) is 12.1 Å². The zero-order valence-electron chi connectivity index (χ0n) is 9.59. The summed E-state index contributed by atoms with van der Waals surface area (Å²) in [7, 11) is 0. The molecule has 1 aromatic carbocycles. The van der Waals surface area contributed by atoms with Gasteiger partial charge in [0.15, 0.2) is 0 Å². The van der Waals surface area contributed by atoms with Gasteiger partial charge in [-0.15, -0.1) is 0 Å². The van der Waals surface area contributed by atoms with Gasteiger partial charge in [0.05, 0.1) is 0 Å². The molecule has 0 spiro atoms. The minimum atomic E-state index is 0.737. The number of hydrogen-bond acceptors (Lipinski definition) is 1. The Morgan fingerprint density at radius 3 is 2.53 bits per heavy atom. The van der Waals surface area contributed by atoms with Crippen LogP contribution in [-0.2, 0) is 6.42 Å². The molecule has 2 heteroatoms. The van der Waals surface area contributed by atoms with Crippen LogP contribution in [0.2, 0.25) is 5.02 Å². The molecule has 0 fully saturated rings. The number of nitrogens with one attached hydrogen (secondary N) is 1. The molecular weight excluding hydrogens is 206 g/mol. The number of hydrogen-bond donors (Lipinski definition) is 1. The van der Waals surface area contributed by atoms with Gasteiger partial charge in [0.2, 0.25) is 0 Å². The van der Waals surface area contributed by atoms with Crippen molar-refractivity contribution in [1.29, 1.82) is 0 Å². The molecule has 1 rings (SSSR count). The van der Waals surface area contributed by atoms with Crippen molar-refractivity contribution in [3.8, 4) is 0 Å². The molecule has 1 N–H and O–H groups in total. The molecule has 1 nitrogen and oxygen atoms in total. The summed E-state index contributed by atoms with van der Waals surface area (Å²) in [5, 5.41) is 4.19. The molecule has 0 radical (unpaired) electrons. The Morgan fingerprint density at radius 1 is 1.27 bits per heavy atom. The second-order valence-electron chi connectivity index (χ2n) is 4.08. The molecular formula is C13H20ClN. The second-order valence-corrected chi connectivity index (χ2v) is 4.51. The van der Waals surface area contributed by atoms with Crippen LogP contribution < -0.4 is 5.32 Å². The molecule has 1 aromatic rings. The Labute approximate surface area is 97.8 Å². The van der Waals surface area contributed by atoms with Crippen LogP contribution in [0.3, 0.4) is 0 Å². The SMILES string of the molecule is CCNCC(C)CCc1ccc(Cl)cc1. The van der Waals surface area contributed by atoms with E-state index in [0.29, 0.717) is 0 Å². The lowest BCUT2D eigenvalue weighted by Gasteiger charge is -2.11. The van der Waals surface area contributed by atoms with E-state index in [2.05, 4.69) is 31.3 Å². The lowest BCUT2D eigenvalue weighted by molar-refractivity contribution is 0.489. The third kappa shape index (κ3) is 5.19. The van der Waals surface area contributed by atoms with E-state index in [4.69, 9.17) is 11.6 Å². The van der Waals surface area contributed by atoms with Gasteiger partial charge in [-0.2, -0.15) is 0 Å². The maximum atomic E-state index is 5.83. The summed E-state index contributed by atoms with van der Waals surface area (Å²) >= 11 is 5.83. The van der Waals surface area contributed by atoms with Crippen molar-refractivity contribution in [2.24, 2.45) is 5.92 Å². The molecule has 15 heavy (non-hydrogen) atoms. The quantitative estimate of drug-likeness (QED) is 0.781. The van der Waals surface area contributed by atoms with Gasteiger partial charge < -0.3 is 5.32 Å². The van der Waals surface area contributed by atoms with E-state index >= 15 is 0 Å². The Hall–Kier alpha value is -0.530. The standard InChI is InChI=1S/C13H20ClN/c1-3-15-10-11(2)4-5-12-6-8-13(14)9-7-12/h6-9,11,15H,3-5,10H2,1-2H3. The van der Waals surface area contributed by atoms with Crippen LogP contribution in [-0.4, -0.2) is 13.1 Å². The van der Waals surface area contributed by atoms with Crippen LogP contribution in [0.5, 0.6) is 0 Å². The van der Waals surface area contributed by atoms with Crippen LogP contribution >= 0.6 is 11.6 Å². The first kappa shape index (κ1) is 12.5. The summed E-state index contributed by atoms with van der Waals surface area (Å²) in [6.07, 6.45) is 2.37. The molecule has 84 valence electrons. The van der Waals surface area contributed by atoms with Crippen LogP contribution in [0.15, 0.2) is 24.3 Å². The normalized spacial score (nSPS) is 12.7. The highest BCUT2D eigenvalue weighted by Crippen LogP contribution is 2.13. The Morgan fingerprint density at radius 2 is 1.93 bits per heavy atom. The van der Waals surface area contributed by atoms with Gasteiger partial charge in [0, 0.05) is 5.02 Å². The fourth-order valence-corrected chi connectivity index (χ4v) is 1.68. The van der Waals surface area contributed by atoms with E-state index in [1.165, 1.54) is 12.0 Å². The number of halogens is 1. The van der Waals surface area contributed by atoms with Crippen molar-refractivity contribution in [3.05, 3.63) is 34.9 Å². The van der Waals surface area contributed by atoms with E-state index in [0.717, 1.165) is 30.5 Å². The Kier molecular flexibility index (Phi) is 5.74. The van der Waals surface area contributed by atoms with Gasteiger partial charge in [-0.25, -0.2) is 0 Å². The lowest BCUT2D eigenvalue weighted by Crippen LogP contribution is -2.20. The van der Waals surface area contributed by atoms with Gasteiger partial charge >= 0.3 is 0 Å². The van der Waals surface area contributed by atoms with Gasteiger partial charge in [0.1, 0.15) is 0 Å². The predicted molar refractivity (Wildman–Crippen MR) is 67.5 cm³/mol. The van der Waals surface area contributed by atoms with Gasteiger partial charge in [-0.1, -0.05) is 37.6 Å². The largest absolute Gasteiger partial charge is 0.317 e. The zero-order chi connectivity index (χ0) is 11.1. The number of benzene rings is 1.